The molecule has 1 aliphatic carbocycles. The number of halogens is 2. The van der Waals surface area contributed by atoms with E-state index in [1.807, 2.05) is 14.1 Å². The predicted octanol–water partition coefficient (Wildman–Crippen LogP) is 3.89. The van der Waals surface area contributed by atoms with E-state index in [1.165, 1.54) is 12.5 Å². The average molecular weight is 314 g/mol. The number of nitrogens with zero attached hydrogens (tertiary/aromatic N) is 1. The maximum absolute atomic E-state index is 13.2. The largest absolute Gasteiger partial charge is 0.391 e. The molecule has 0 spiro atoms. The Bertz CT molecular complexity index is 494. The zero-order valence-electron chi connectivity index (χ0n) is 13.1. The minimum Gasteiger partial charge on any atom is -0.391 e. The smallest absolute Gasteiger partial charge is 0.141 e. The molecule has 0 aliphatic heterocycles. The molecule has 1 aromatic carbocycles. The summed E-state index contributed by atoms with van der Waals surface area (Å²) in [4.78, 5) is 2.17. The zero-order chi connectivity index (χ0) is 15.6. The van der Waals surface area contributed by atoms with Crippen molar-refractivity contribution in [2.45, 2.75) is 50.7 Å². The average Bonchev–Trinajstić information content (AvgIpc) is 2.42. The van der Waals surface area contributed by atoms with E-state index >= 15 is 0 Å². The predicted molar refractivity (Wildman–Crippen MR) is 85.2 cm³/mol. The summed E-state index contributed by atoms with van der Waals surface area (Å²) < 4.78 is 13.2. The van der Waals surface area contributed by atoms with E-state index in [-0.39, 0.29) is 10.6 Å². The fraction of sp³-hybridized carbons (Fsp3) is 0.647. The maximum atomic E-state index is 13.2. The van der Waals surface area contributed by atoms with Gasteiger partial charge in [0.1, 0.15) is 5.82 Å². The van der Waals surface area contributed by atoms with Gasteiger partial charge in [0, 0.05) is 12.0 Å². The second-order valence-corrected chi connectivity index (χ2v) is 7.08. The van der Waals surface area contributed by atoms with E-state index < -0.39 is 11.9 Å². The van der Waals surface area contributed by atoms with Crippen LogP contribution in [0.4, 0.5) is 4.39 Å². The van der Waals surface area contributed by atoms with Crippen molar-refractivity contribution in [2.75, 3.05) is 14.1 Å². The van der Waals surface area contributed by atoms with Gasteiger partial charge in [-0.1, -0.05) is 37.4 Å². The Morgan fingerprint density at radius 1 is 1.48 bits per heavy atom. The summed E-state index contributed by atoms with van der Waals surface area (Å²) in [7, 11) is 4.08. The normalized spacial score (nSPS) is 27.9. The number of benzene rings is 1. The Morgan fingerprint density at radius 3 is 2.76 bits per heavy atom. The molecule has 1 saturated carbocycles. The number of likely N-dealkylation sites (N-methyl/N-ethyl adjacent to an activating group) is 1. The molecular weight excluding hydrogens is 289 g/mol. The van der Waals surface area contributed by atoms with Crippen LogP contribution in [0.3, 0.4) is 0 Å². The summed E-state index contributed by atoms with van der Waals surface area (Å²) in [5.74, 6) is 0.205. The Hall–Kier alpha value is -0.640. The van der Waals surface area contributed by atoms with Crippen molar-refractivity contribution in [3.63, 3.8) is 0 Å². The van der Waals surface area contributed by atoms with Crippen LogP contribution in [0.2, 0.25) is 5.02 Å². The van der Waals surface area contributed by atoms with E-state index in [2.05, 4.69) is 11.8 Å². The van der Waals surface area contributed by atoms with Crippen molar-refractivity contribution >= 4 is 11.6 Å². The molecule has 1 fully saturated rings. The first kappa shape index (κ1) is 16.7. The van der Waals surface area contributed by atoms with E-state index in [9.17, 15) is 9.50 Å². The molecule has 0 amide bonds. The molecule has 4 heteroatoms. The van der Waals surface area contributed by atoms with E-state index in [1.54, 1.807) is 12.1 Å². The van der Waals surface area contributed by atoms with Crippen LogP contribution in [0.15, 0.2) is 18.2 Å². The third-order valence-electron chi connectivity index (χ3n) is 4.93. The van der Waals surface area contributed by atoms with Crippen LogP contribution in [0.1, 0.15) is 38.2 Å². The van der Waals surface area contributed by atoms with Crippen LogP contribution in [-0.2, 0) is 6.42 Å². The molecule has 0 radical (unpaired) electrons. The third-order valence-corrected chi connectivity index (χ3v) is 5.22. The van der Waals surface area contributed by atoms with Gasteiger partial charge in [-0.25, -0.2) is 4.39 Å². The highest BCUT2D eigenvalue weighted by Gasteiger charge is 2.42. The zero-order valence-corrected chi connectivity index (χ0v) is 13.8. The van der Waals surface area contributed by atoms with Gasteiger partial charge in [-0.3, -0.25) is 0 Å². The number of hydrogen-bond acceptors (Lipinski definition) is 2. The van der Waals surface area contributed by atoms with E-state index in [4.69, 9.17) is 11.6 Å². The Balaban J connectivity index is 2.18. The molecule has 21 heavy (non-hydrogen) atoms. The summed E-state index contributed by atoms with van der Waals surface area (Å²) >= 11 is 5.84. The van der Waals surface area contributed by atoms with E-state index in [0.717, 1.165) is 24.8 Å². The third kappa shape index (κ3) is 3.58. The Labute approximate surface area is 131 Å². The summed E-state index contributed by atoms with van der Waals surface area (Å²) in [5.41, 5.74) is 0.687. The van der Waals surface area contributed by atoms with Gasteiger partial charge in [0.05, 0.1) is 11.1 Å². The molecule has 1 N–H and O–H groups in total. The molecule has 0 saturated heterocycles. The van der Waals surface area contributed by atoms with Crippen LogP contribution in [0.25, 0.3) is 0 Å². The van der Waals surface area contributed by atoms with Gasteiger partial charge >= 0.3 is 0 Å². The minimum absolute atomic E-state index is 0.121. The van der Waals surface area contributed by atoms with Crippen LogP contribution >= 0.6 is 11.6 Å². The van der Waals surface area contributed by atoms with Crippen LogP contribution in [0.5, 0.6) is 0 Å². The van der Waals surface area contributed by atoms with Gasteiger partial charge in [0.25, 0.3) is 0 Å². The van der Waals surface area contributed by atoms with Crippen LogP contribution < -0.4 is 0 Å². The van der Waals surface area contributed by atoms with Gasteiger partial charge in [-0.05, 0) is 50.6 Å². The highest BCUT2D eigenvalue weighted by Crippen LogP contribution is 2.39. The first-order valence-electron chi connectivity index (χ1n) is 7.64. The first-order chi connectivity index (χ1) is 9.85. The van der Waals surface area contributed by atoms with Gasteiger partial charge < -0.3 is 10.0 Å². The highest BCUT2D eigenvalue weighted by molar-refractivity contribution is 6.30. The second-order valence-electron chi connectivity index (χ2n) is 6.67. The van der Waals surface area contributed by atoms with Crippen molar-refractivity contribution in [1.82, 2.24) is 4.90 Å². The second kappa shape index (κ2) is 6.64. The van der Waals surface area contributed by atoms with Crippen molar-refractivity contribution in [3.8, 4) is 0 Å². The van der Waals surface area contributed by atoms with Gasteiger partial charge in [0.15, 0.2) is 0 Å². The van der Waals surface area contributed by atoms with Crippen molar-refractivity contribution in [3.05, 3.63) is 34.6 Å². The number of aliphatic hydroxyl groups excluding tert-OH is 1. The summed E-state index contributed by atoms with van der Waals surface area (Å²) in [6.45, 7) is 2.25. The molecule has 1 aliphatic rings. The monoisotopic (exact) mass is 313 g/mol. The summed E-state index contributed by atoms with van der Waals surface area (Å²) in [6, 6.07) is 4.70. The molecule has 3 unspecified atom stereocenters. The minimum atomic E-state index is -0.475. The Kier molecular flexibility index (Phi) is 5.29. The SMILES string of the molecule is CC1CCCC(C(O)Cc2ccc(F)c(Cl)c2)(N(C)C)C1. The lowest BCUT2D eigenvalue weighted by atomic mass is 9.71. The molecule has 0 heterocycles. The molecule has 0 bridgehead atoms. The van der Waals surface area contributed by atoms with E-state index in [0.29, 0.717) is 12.3 Å². The molecule has 2 nitrogen and oxygen atoms in total. The van der Waals surface area contributed by atoms with Crippen molar-refractivity contribution in [2.24, 2.45) is 5.92 Å². The topological polar surface area (TPSA) is 23.5 Å². The molecule has 2 rings (SSSR count). The fourth-order valence-corrected chi connectivity index (χ4v) is 3.85. The summed E-state index contributed by atoms with van der Waals surface area (Å²) in [5, 5.41) is 11.0. The van der Waals surface area contributed by atoms with Crippen molar-refractivity contribution in [1.29, 1.82) is 0 Å². The summed E-state index contributed by atoms with van der Waals surface area (Å²) in [6.07, 6.45) is 4.39. The maximum Gasteiger partial charge on any atom is 0.141 e. The highest BCUT2D eigenvalue weighted by atomic mass is 35.5. The lowest BCUT2D eigenvalue weighted by molar-refractivity contribution is -0.0424. The molecule has 1 aromatic rings. The molecular formula is C17H25ClFNO. The van der Waals surface area contributed by atoms with Gasteiger partial charge in [-0.15, -0.1) is 0 Å². The first-order valence-corrected chi connectivity index (χ1v) is 8.02. The van der Waals surface area contributed by atoms with Gasteiger partial charge in [-0.2, -0.15) is 0 Å². The van der Waals surface area contributed by atoms with Crippen molar-refractivity contribution < 1.29 is 9.50 Å². The lowest BCUT2D eigenvalue weighted by Crippen LogP contribution is -2.56. The molecule has 3 atom stereocenters. The molecule has 0 aromatic heterocycles. The Morgan fingerprint density at radius 2 is 2.19 bits per heavy atom. The quantitative estimate of drug-likeness (QED) is 0.911. The number of rotatable bonds is 4. The lowest BCUT2D eigenvalue weighted by Gasteiger charge is -2.48. The standard InChI is InChI=1S/C17H25ClFNO/c1-12-5-4-8-17(11-12,20(2)3)16(21)10-13-6-7-15(19)14(18)9-13/h6-7,9,12,16,21H,4-5,8,10-11H2,1-3H3. The van der Waals surface area contributed by atoms with Gasteiger partial charge in [0.2, 0.25) is 0 Å². The van der Waals surface area contributed by atoms with Crippen LogP contribution in [-0.4, -0.2) is 35.7 Å². The number of aliphatic hydroxyl groups is 1. The molecule has 118 valence electrons. The van der Waals surface area contributed by atoms with Crippen LogP contribution in [0, 0.1) is 11.7 Å². The number of hydrogen-bond donors (Lipinski definition) is 1. The fourth-order valence-electron chi connectivity index (χ4n) is 3.65.